The standard InChI is InChI=1S/C21H10F3N5.C9H14O2/c22-11-5-13-15(9-28-20(13)16(23)6-11)19-14(8-26)17(18(24)21(27)29-19)12-4-2-1-3-10(12)7-25;10-9(11)8-5-6-1-3-7(8)4-2-6/h1-6,9,28H,(H2,27,29);6-8H,1-5H2,(H,10,11). The minimum absolute atomic E-state index is 0.00231. The highest BCUT2D eigenvalue weighted by Gasteiger charge is 2.39. The molecule has 2 bridgehead atoms. The number of nitrogens with zero attached hydrogens (tertiary/aromatic N) is 3. The van der Waals surface area contributed by atoms with E-state index in [0.717, 1.165) is 24.5 Å². The van der Waals surface area contributed by atoms with E-state index in [9.17, 15) is 28.5 Å². The second kappa shape index (κ2) is 10.7. The first kappa shape index (κ1) is 26.8. The number of halogens is 3. The fourth-order valence-corrected chi connectivity index (χ4v) is 5.97. The van der Waals surface area contributed by atoms with E-state index < -0.39 is 29.2 Å². The number of anilines is 1. The Morgan fingerprint density at radius 3 is 2.38 bits per heavy atom. The lowest BCUT2D eigenvalue weighted by molar-refractivity contribution is -0.147. The predicted octanol–water partition coefficient (Wildman–Crippen LogP) is 6.54. The minimum Gasteiger partial charge on any atom is -0.481 e. The Morgan fingerprint density at radius 1 is 1.05 bits per heavy atom. The molecule has 0 amide bonds. The molecule has 2 heterocycles. The average Bonchev–Trinajstić information content (AvgIpc) is 3.39. The Morgan fingerprint density at radius 2 is 1.77 bits per heavy atom. The van der Waals surface area contributed by atoms with Crippen LogP contribution in [-0.4, -0.2) is 21.0 Å². The number of carboxylic acid groups (broad SMARTS) is 1. The van der Waals surface area contributed by atoms with Crippen LogP contribution in [0, 0.1) is 57.9 Å². The average molecular weight is 544 g/mol. The molecule has 7 rings (SSSR count). The molecular formula is C30H24F3N5O2. The molecule has 0 spiro atoms. The molecule has 7 nitrogen and oxygen atoms in total. The molecule has 40 heavy (non-hydrogen) atoms. The van der Waals surface area contributed by atoms with Crippen molar-refractivity contribution in [3.05, 3.63) is 71.2 Å². The van der Waals surface area contributed by atoms with Gasteiger partial charge in [-0.1, -0.05) is 31.0 Å². The number of carbonyl (C=O) groups is 1. The number of carboxylic acids is 1. The molecule has 202 valence electrons. The topological polar surface area (TPSA) is 140 Å². The fourth-order valence-electron chi connectivity index (χ4n) is 5.97. The first-order chi connectivity index (χ1) is 19.2. The molecule has 1 atom stereocenters. The summed E-state index contributed by atoms with van der Waals surface area (Å²) in [5, 5.41) is 28.1. The van der Waals surface area contributed by atoms with E-state index in [1.807, 2.05) is 12.1 Å². The van der Waals surface area contributed by atoms with Crippen LogP contribution < -0.4 is 5.73 Å². The van der Waals surface area contributed by atoms with Gasteiger partial charge in [-0.15, -0.1) is 0 Å². The second-order valence-corrected chi connectivity index (χ2v) is 10.2. The number of benzene rings is 2. The maximum atomic E-state index is 14.9. The molecule has 3 saturated carbocycles. The first-order valence-corrected chi connectivity index (χ1v) is 12.8. The summed E-state index contributed by atoms with van der Waals surface area (Å²) in [6.07, 6.45) is 7.21. The smallest absolute Gasteiger partial charge is 0.306 e. The van der Waals surface area contributed by atoms with Crippen molar-refractivity contribution in [2.45, 2.75) is 32.1 Å². The number of nitrogen functional groups attached to an aromatic ring is 1. The van der Waals surface area contributed by atoms with Crippen LogP contribution in [0.4, 0.5) is 19.0 Å². The molecular weight excluding hydrogens is 519 g/mol. The minimum atomic E-state index is -0.954. The van der Waals surface area contributed by atoms with Gasteiger partial charge >= 0.3 is 5.97 Å². The summed E-state index contributed by atoms with van der Waals surface area (Å²) < 4.78 is 42.8. The van der Waals surface area contributed by atoms with Crippen LogP contribution in [0.5, 0.6) is 0 Å². The summed E-state index contributed by atoms with van der Waals surface area (Å²) >= 11 is 0. The monoisotopic (exact) mass is 543 g/mol. The second-order valence-electron chi connectivity index (χ2n) is 10.2. The Bertz CT molecular complexity index is 1710. The Hall–Kier alpha value is -4.83. The van der Waals surface area contributed by atoms with Crippen LogP contribution in [0.15, 0.2) is 42.6 Å². The van der Waals surface area contributed by atoms with Crippen LogP contribution in [0.2, 0.25) is 0 Å². The number of rotatable bonds is 3. The van der Waals surface area contributed by atoms with Crippen molar-refractivity contribution in [2.75, 3.05) is 5.73 Å². The Labute approximate surface area is 227 Å². The van der Waals surface area contributed by atoms with Crippen LogP contribution >= 0.6 is 0 Å². The highest BCUT2D eigenvalue weighted by Crippen LogP contribution is 2.45. The maximum Gasteiger partial charge on any atom is 0.306 e. The number of pyridine rings is 1. The van der Waals surface area contributed by atoms with Crippen LogP contribution in [-0.2, 0) is 4.79 Å². The number of aromatic amines is 1. The number of hydrogen-bond acceptors (Lipinski definition) is 5. The van der Waals surface area contributed by atoms with E-state index in [2.05, 4.69) is 9.97 Å². The summed E-state index contributed by atoms with van der Waals surface area (Å²) in [7, 11) is 0. The van der Waals surface area contributed by atoms with Gasteiger partial charge in [0.15, 0.2) is 11.6 Å². The van der Waals surface area contributed by atoms with E-state index in [-0.39, 0.29) is 50.3 Å². The van der Waals surface area contributed by atoms with E-state index in [1.54, 1.807) is 12.1 Å². The molecule has 4 aromatic rings. The molecule has 1 unspecified atom stereocenters. The summed E-state index contributed by atoms with van der Waals surface area (Å²) in [6, 6.07) is 11.8. The van der Waals surface area contributed by atoms with Gasteiger partial charge in [0.25, 0.3) is 0 Å². The van der Waals surface area contributed by atoms with Crippen molar-refractivity contribution in [1.82, 2.24) is 9.97 Å². The molecule has 0 aliphatic heterocycles. The lowest BCUT2D eigenvalue weighted by Gasteiger charge is -2.40. The number of nitrogens with two attached hydrogens (primary N) is 1. The van der Waals surface area contributed by atoms with Crippen molar-refractivity contribution < 1.29 is 23.1 Å². The SMILES string of the molecule is N#Cc1ccccc1-c1c(F)c(N)nc(-c2c[nH]c3c(F)cc(F)cc23)c1C#N.O=C(O)C1CC2CCC1CC2. The molecule has 4 N–H and O–H groups in total. The van der Waals surface area contributed by atoms with Gasteiger partial charge in [0.2, 0.25) is 0 Å². The zero-order valence-corrected chi connectivity index (χ0v) is 21.2. The van der Waals surface area contributed by atoms with Gasteiger partial charge in [-0.2, -0.15) is 10.5 Å². The van der Waals surface area contributed by atoms with Gasteiger partial charge in [-0.25, -0.2) is 18.2 Å². The van der Waals surface area contributed by atoms with Crippen LogP contribution in [0.25, 0.3) is 33.3 Å². The first-order valence-electron chi connectivity index (χ1n) is 12.8. The highest BCUT2D eigenvalue weighted by atomic mass is 19.1. The van der Waals surface area contributed by atoms with Gasteiger partial charge in [0, 0.05) is 34.3 Å². The van der Waals surface area contributed by atoms with E-state index in [4.69, 9.17) is 10.8 Å². The molecule has 2 aromatic carbocycles. The van der Waals surface area contributed by atoms with Crippen molar-refractivity contribution in [3.63, 3.8) is 0 Å². The summed E-state index contributed by atoms with van der Waals surface area (Å²) in [5.74, 6) is -2.41. The van der Waals surface area contributed by atoms with E-state index in [1.165, 1.54) is 44.0 Å². The van der Waals surface area contributed by atoms with E-state index in [0.29, 0.717) is 5.92 Å². The Balaban J connectivity index is 0.000000244. The largest absolute Gasteiger partial charge is 0.481 e. The number of aliphatic carboxylic acids is 1. The predicted molar refractivity (Wildman–Crippen MR) is 142 cm³/mol. The summed E-state index contributed by atoms with van der Waals surface area (Å²) in [5.41, 5.74) is 5.78. The number of fused-ring (bicyclic) bond motifs is 4. The fraction of sp³-hybridized carbons (Fsp3) is 0.267. The zero-order chi connectivity index (χ0) is 28.6. The van der Waals surface area contributed by atoms with Crippen LogP contribution in [0.3, 0.4) is 0 Å². The Kier molecular flexibility index (Phi) is 7.19. The number of nitrogens with one attached hydrogen (secondary N) is 1. The molecule has 0 saturated heterocycles. The lowest BCUT2D eigenvalue weighted by Crippen LogP contribution is -2.35. The van der Waals surface area contributed by atoms with Gasteiger partial charge < -0.3 is 15.8 Å². The van der Waals surface area contributed by atoms with Crippen molar-refractivity contribution >= 4 is 22.7 Å². The normalized spacial score (nSPS) is 19.4. The number of aromatic nitrogens is 2. The number of H-pyrrole nitrogens is 1. The molecule has 2 aromatic heterocycles. The summed E-state index contributed by atoms with van der Waals surface area (Å²) in [4.78, 5) is 17.4. The van der Waals surface area contributed by atoms with E-state index >= 15 is 0 Å². The van der Waals surface area contributed by atoms with Gasteiger partial charge in [-0.05, 0) is 43.2 Å². The highest BCUT2D eigenvalue weighted by molar-refractivity contribution is 5.98. The molecule has 3 aliphatic carbocycles. The lowest BCUT2D eigenvalue weighted by atomic mass is 9.65. The summed E-state index contributed by atoms with van der Waals surface area (Å²) in [6.45, 7) is 0. The van der Waals surface area contributed by atoms with Gasteiger partial charge in [-0.3, -0.25) is 4.79 Å². The van der Waals surface area contributed by atoms with Crippen molar-refractivity contribution in [3.8, 4) is 34.5 Å². The third kappa shape index (κ3) is 4.73. The maximum absolute atomic E-state index is 14.9. The quantitative estimate of drug-likeness (QED) is 0.268. The molecule has 3 fully saturated rings. The molecule has 0 radical (unpaired) electrons. The molecule has 10 heteroatoms. The molecule has 3 aliphatic rings. The van der Waals surface area contributed by atoms with Gasteiger partial charge in [0.1, 0.15) is 17.7 Å². The van der Waals surface area contributed by atoms with Crippen molar-refractivity contribution in [2.24, 2.45) is 17.8 Å². The number of hydrogen-bond donors (Lipinski definition) is 3. The van der Waals surface area contributed by atoms with Gasteiger partial charge in [0.05, 0.1) is 34.3 Å². The van der Waals surface area contributed by atoms with Crippen LogP contribution in [0.1, 0.15) is 43.2 Å². The van der Waals surface area contributed by atoms with Crippen molar-refractivity contribution in [1.29, 1.82) is 10.5 Å². The zero-order valence-electron chi connectivity index (χ0n) is 21.2. The third-order valence-corrected chi connectivity index (χ3v) is 7.92. The number of nitriles is 2. The third-order valence-electron chi connectivity index (χ3n) is 7.92.